The van der Waals surface area contributed by atoms with E-state index in [-0.39, 0.29) is 31.0 Å². The Kier molecular flexibility index (Phi) is 8.29. The van der Waals surface area contributed by atoms with Gasteiger partial charge in [-0.15, -0.1) is 0 Å². The van der Waals surface area contributed by atoms with E-state index in [1.54, 1.807) is 0 Å². The molecule has 0 aromatic rings. The van der Waals surface area contributed by atoms with Crippen LogP contribution in [-0.2, 0) is 14.3 Å². The van der Waals surface area contributed by atoms with Crippen molar-refractivity contribution in [2.75, 3.05) is 0 Å². The van der Waals surface area contributed by atoms with E-state index in [4.69, 9.17) is 0 Å². The molecule has 0 fully saturated rings. The van der Waals surface area contributed by atoms with Gasteiger partial charge in [-0.3, -0.25) is 0 Å². The molecular formula is C6H7NaO3. The van der Waals surface area contributed by atoms with Crippen molar-refractivity contribution < 1.29 is 45.3 Å². The molecule has 10 heavy (non-hydrogen) atoms. The molecule has 0 aromatic carbocycles. The Morgan fingerprint density at radius 1 is 1.20 bits per heavy atom. The Morgan fingerprint density at radius 2 is 1.50 bits per heavy atom. The van der Waals surface area contributed by atoms with E-state index >= 15 is 0 Å². The molecule has 0 saturated heterocycles. The molecule has 50 valence electrons. The Balaban J connectivity index is -0.000000320. The number of carbonyl (C=O) groups excluding carboxylic acids is 2. The maximum Gasteiger partial charge on any atom is 1.00 e. The first-order valence-corrected chi connectivity index (χ1v) is 2.21. The predicted molar refractivity (Wildman–Crippen MR) is 32.6 cm³/mol. The van der Waals surface area contributed by atoms with Crippen LogP contribution in [0.15, 0.2) is 25.3 Å². The van der Waals surface area contributed by atoms with Gasteiger partial charge in [0.2, 0.25) is 0 Å². The van der Waals surface area contributed by atoms with Crippen LogP contribution >= 0.6 is 0 Å². The van der Waals surface area contributed by atoms with Crippen LogP contribution in [0.25, 0.3) is 0 Å². The summed E-state index contributed by atoms with van der Waals surface area (Å²) >= 11 is 0. The molecular weight excluding hydrogens is 143 g/mol. The second-order valence-corrected chi connectivity index (χ2v) is 1.15. The molecule has 0 bridgehead atoms. The van der Waals surface area contributed by atoms with Crippen LogP contribution in [0.3, 0.4) is 0 Å². The van der Waals surface area contributed by atoms with Gasteiger partial charge in [0.15, 0.2) is 0 Å². The van der Waals surface area contributed by atoms with Crippen molar-refractivity contribution in [3.8, 4) is 0 Å². The summed E-state index contributed by atoms with van der Waals surface area (Å²) in [6.07, 6.45) is 1.81. The molecule has 0 aliphatic carbocycles. The molecule has 0 rings (SSSR count). The third-order valence-corrected chi connectivity index (χ3v) is 0.535. The van der Waals surface area contributed by atoms with Gasteiger partial charge in [0.25, 0.3) is 0 Å². The zero-order valence-electron chi connectivity index (χ0n) is 6.79. The number of carbonyl (C=O) groups is 2. The van der Waals surface area contributed by atoms with E-state index in [0.717, 1.165) is 12.2 Å². The van der Waals surface area contributed by atoms with Crippen LogP contribution in [-0.4, -0.2) is 11.9 Å². The van der Waals surface area contributed by atoms with Crippen LogP contribution in [0.5, 0.6) is 0 Å². The van der Waals surface area contributed by atoms with Crippen LogP contribution in [0.4, 0.5) is 0 Å². The maximum absolute atomic E-state index is 10.2. The fourth-order valence-corrected chi connectivity index (χ4v) is 0.182. The van der Waals surface area contributed by atoms with E-state index in [9.17, 15) is 9.59 Å². The Morgan fingerprint density at radius 3 is 1.70 bits per heavy atom. The largest absolute Gasteiger partial charge is 1.00 e. The standard InChI is InChI=1S/C6H6O3.Na.H/c1-3-5(7)9-6(8)4-2;;/h3-4H,1-2H2;;/q;+1;-1. The third-order valence-electron chi connectivity index (χ3n) is 0.535. The molecule has 0 amide bonds. The number of esters is 2. The Labute approximate surface area is 82.5 Å². The van der Waals surface area contributed by atoms with Gasteiger partial charge < -0.3 is 6.16 Å². The fraction of sp³-hybridized carbons (Fsp3) is 0. The Hall–Kier alpha value is -0.380. The molecule has 0 heterocycles. The summed E-state index contributed by atoms with van der Waals surface area (Å²) in [6, 6.07) is 0. The molecule has 0 saturated carbocycles. The number of rotatable bonds is 2. The van der Waals surface area contributed by atoms with E-state index in [2.05, 4.69) is 17.9 Å². The van der Waals surface area contributed by atoms with Crippen LogP contribution < -0.4 is 29.6 Å². The first-order valence-electron chi connectivity index (χ1n) is 2.21. The van der Waals surface area contributed by atoms with E-state index in [0.29, 0.717) is 0 Å². The summed E-state index contributed by atoms with van der Waals surface area (Å²) in [5.74, 6) is -1.53. The molecule has 0 aliphatic rings. The summed E-state index contributed by atoms with van der Waals surface area (Å²) in [4.78, 5) is 20.3. The SMILES string of the molecule is C=CC(=O)OC(=O)C=C.[H-].[Na+]. The van der Waals surface area contributed by atoms with Crippen molar-refractivity contribution >= 4 is 11.9 Å². The second kappa shape index (κ2) is 6.74. The van der Waals surface area contributed by atoms with Gasteiger partial charge in [0, 0.05) is 12.2 Å². The summed E-state index contributed by atoms with van der Waals surface area (Å²) in [5.41, 5.74) is 0. The quantitative estimate of drug-likeness (QED) is 0.190. The first kappa shape index (κ1) is 12.3. The van der Waals surface area contributed by atoms with Gasteiger partial charge in [-0.05, 0) is 0 Å². The molecule has 0 N–H and O–H groups in total. The van der Waals surface area contributed by atoms with Crippen molar-refractivity contribution in [1.82, 2.24) is 0 Å². The van der Waals surface area contributed by atoms with Crippen molar-refractivity contribution in [3.63, 3.8) is 0 Å². The van der Waals surface area contributed by atoms with Crippen LogP contribution in [0, 0.1) is 0 Å². The maximum atomic E-state index is 10.2. The monoisotopic (exact) mass is 150 g/mol. The number of hydrogen-bond donors (Lipinski definition) is 0. The van der Waals surface area contributed by atoms with Gasteiger partial charge in [-0.2, -0.15) is 0 Å². The van der Waals surface area contributed by atoms with Gasteiger partial charge in [-0.25, -0.2) is 9.59 Å². The number of ether oxygens (including phenoxy) is 1. The van der Waals surface area contributed by atoms with Crippen molar-refractivity contribution in [2.24, 2.45) is 0 Å². The minimum absolute atomic E-state index is 0. The van der Waals surface area contributed by atoms with Gasteiger partial charge in [0.05, 0.1) is 0 Å². The van der Waals surface area contributed by atoms with E-state index < -0.39 is 11.9 Å². The van der Waals surface area contributed by atoms with E-state index in [1.165, 1.54) is 0 Å². The summed E-state index contributed by atoms with van der Waals surface area (Å²) in [6.45, 7) is 6.17. The topological polar surface area (TPSA) is 43.4 Å². The molecule has 0 unspecified atom stereocenters. The molecule has 0 radical (unpaired) electrons. The number of hydrogen-bond acceptors (Lipinski definition) is 3. The van der Waals surface area contributed by atoms with Crippen molar-refractivity contribution in [3.05, 3.63) is 25.3 Å². The summed E-state index contributed by atoms with van der Waals surface area (Å²) in [7, 11) is 0. The van der Waals surface area contributed by atoms with Crippen LogP contribution in [0.1, 0.15) is 1.43 Å². The normalized spacial score (nSPS) is 6.80. The molecule has 0 spiro atoms. The average Bonchev–Trinajstić information content (AvgIpc) is 1.87. The molecule has 0 atom stereocenters. The molecule has 3 nitrogen and oxygen atoms in total. The average molecular weight is 150 g/mol. The smallest absolute Gasteiger partial charge is 1.00 e. The molecule has 0 aromatic heterocycles. The molecule has 0 aliphatic heterocycles. The third kappa shape index (κ3) is 5.75. The second-order valence-electron chi connectivity index (χ2n) is 1.15. The zero-order chi connectivity index (χ0) is 7.28. The molecule has 4 heteroatoms. The first-order chi connectivity index (χ1) is 4.20. The van der Waals surface area contributed by atoms with Crippen LogP contribution in [0.2, 0.25) is 0 Å². The van der Waals surface area contributed by atoms with Crippen molar-refractivity contribution in [1.29, 1.82) is 0 Å². The van der Waals surface area contributed by atoms with E-state index in [1.807, 2.05) is 0 Å². The summed E-state index contributed by atoms with van der Waals surface area (Å²) < 4.78 is 4.03. The van der Waals surface area contributed by atoms with Gasteiger partial charge in [0.1, 0.15) is 0 Å². The zero-order valence-corrected chi connectivity index (χ0v) is 7.79. The minimum atomic E-state index is -0.764. The Bertz CT molecular complexity index is 149. The predicted octanol–water partition coefficient (Wildman–Crippen LogP) is -2.46. The van der Waals surface area contributed by atoms with Gasteiger partial charge >= 0.3 is 41.5 Å². The summed E-state index contributed by atoms with van der Waals surface area (Å²) in [5, 5.41) is 0. The van der Waals surface area contributed by atoms with Gasteiger partial charge in [-0.1, -0.05) is 13.2 Å². The van der Waals surface area contributed by atoms with Crippen molar-refractivity contribution in [2.45, 2.75) is 0 Å². The fourth-order valence-electron chi connectivity index (χ4n) is 0.182. The minimum Gasteiger partial charge on any atom is -1.00 e.